The predicted molar refractivity (Wildman–Crippen MR) is 111 cm³/mol. The first kappa shape index (κ1) is 22.0. The summed E-state index contributed by atoms with van der Waals surface area (Å²) in [6, 6.07) is 4.50. The van der Waals surface area contributed by atoms with E-state index in [1.54, 1.807) is 31.2 Å². The normalized spacial score (nSPS) is 19.0. The van der Waals surface area contributed by atoms with Gasteiger partial charge in [-0.1, -0.05) is 6.07 Å². The number of methoxy groups -OCH3 is 1. The average Bonchev–Trinajstić information content (AvgIpc) is 3.29. The molecule has 8 heteroatoms. The van der Waals surface area contributed by atoms with E-state index in [4.69, 9.17) is 4.74 Å². The van der Waals surface area contributed by atoms with Crippen LogP contribution in [0, 0.1) is 18.7 Å². The number of hydrogen-bond acceptors (Lipinski definition) is 4. The average molecular weight is 416 g/mol. The fourth-order valence-corrected chi connectivity index (χ4v) is 3.86. The van der Waals surface area contributed by atoms with Gasteiger partial charge in [-0.25, -0.2) is 4.39 Å². The Kier molecular flexibility index (Phi) is 6.87. The molecule has 0 unspecified atom stereocenters. The number of halogens is 1. The third kappa shape index (κ3) is 4.70. The number of hydrogen-bond donors (Lipinski definition) is 1. The number of likely N-dealkylation sites (tertiary alicyclic amines) is 1. The van der Waals surface area contributed by atoms with Gasteiger partial charge in [0.25, 0.3) is 5.91 Å². The minimum atomic E-state index is -0.550. The molecule has 2 heterocycles. The van der Waals surface area contributed by atoms with Crippen molar-refractivity contribution in [2.45, 2.75) is 39.3 Å². The van der Waals surface area contributed by atoms with Crippen molar-refractivity contribution >= 4 is 11.8 Å². The molecular weight excluding hydrogens is 387 g/mol. The summed E-state index contributed by atoms with van der Waals surface area (Å²) in [5, 5.41) is 7.22. The number of aryl methyl sites for hydroxylation is 1. The molecule has 1 aliphatic heterocycles. The number of amides is 2. The van der Waals surface area contributed by atoms with E-state index in [0.717, 1.165) is 11.1 Å². The van der Waals surface area contributed by atoms with E-state index in [1.807, 2.05) is 24.7 Å². The second-order valence-corrected chi connectivity index (χ2v) is 8.03. The van der Waals surface area contributed by atoms with Crippen molar-refractivity contribution in [1.29, 1.82) is 0 Å². The number of nitrogens with one attached hydrogen (secondary N) is 1. The van der Waals surface area contributed by atoms with Gasteiger partial charge < -0.3 is 15.0 Å². The van der Waals surface area contributed by atoms with Gasteiger partial charge in [-0.05, 0) is 38.5 Å². The van der Waals surface area contributed by atoms with Crippen molar-refractivity contribution in [2.24, 2.45) is 5.92 Å². The number of nitrogens with zero attached hydrogens (tertiary/aromatic N) is 3. The maximum atomic E-state index is 14.1. The van der Waals surface area contributed by atoms with Crippen LogP contribution in [0.1, 0.15) is 53.8 Å². The van der Waals surface area contributed by atoms with Crippen molar-refractivity contribution in [3.8, 4) is 0 Å². The molecule has 2 amide bonds. The lowest BCUT2D eigenvalue weighted by Crippen LogP contribution is -2.35. The number of aromatic nitrogens is 2. The maximum absolute atomic E-state index is 14.1. The van der Waals surface area contributed by atoms with Gasteiger partial charge in [-0.3, -0.25) is 14.3 Å². The highest BCUT2D eigenvalue weighted by Crippen LogP contribution is 2.37. The lowest BCUT2D eigenvalue weighted by Gasteiger charge is -2.27. The zero-order valence-corrected chi connectivity index (χ0v) is 17.9. The summed E-state index contributed by atoms with van der Waals surface area (Å²) in [7, 11) is 1.60. The second kappa shape index (κ2) is 9.38. The van der Waals surface area contributed by atoms with Crippen LogP contribution in [0.4, 0.5) is 4.39 Å². The molecule has 1 aromatic carbocycles. The molecule has 2 atom stereocenters. The van der Waals surface area contributed by atoms with Gasteiger partial charge in [0, 0.05) is 50.3 Å². The maximum Gasteiger partial charge on any atom is 0.254 e. The fraction of sp³-hybridized carbons (Fsp3) is 0.500. The monoisotopic (exact) mass is 416 g/mol. The molecule has 2 aromatic rings. The molecule has 0 aliphatic carbocycles. The summed E-state index contributed by atoms with van der Waals surface area (Å²) >= 11 is 0. The highest BCUT2D eigenvalue weighted by atomic mass is 19.1. The number of benzene rings is 1. The molecule has 0 bridgehead atoms. The van der Waals surface area contributed by atoms with Crippen LogP contribution >= 0.6 is 0 Å². The molecule has 1 aliphatic rings. The van der Waals surface area contributed by atoms with Gasteiger partial charge in [0.05, 0.1) is 24.4 Å². The van der Waals surface area contributed by atoms with Gasteiger partial charge in [-0.2, -0.15) is 5.10 Å². The van der Waals surface area contributed by atoms with E-state index in [0.29, 0.717) is 19.6 Å². The molecule has 1 aromatic heterocycles. The molecular formula is C22H29FN4O3. The van der Waals surface area contributed by atoms with Crippen LogP contribution in [-0.4, -0.2) is 53.3 Å². The van der Waals surface area contributed by atoms with Gasteiger partial charge >= 0.3 is 0 Å². The molecule has 0 radical (unpaired) electrons. The minimum absolute atomic E-state index is 0.00494. The van der Waals surface area contributed by atoms with Crippen LogP contribution in [0.3, 0.4) is 0 Å². The molecule has 162 valence electrons. The molecule has 0 saturated carbocycles. The van der Waals surface area contributed by atoms with Crippen molar-refractivity contribution in [3.05, 3.63) is 53.1 Å². The molecule has 30 heavy (non-hydrogen) atoms. The smallest absolute Gasteiger partial charge is 0.254 e. The first-order chi connectivity index (χ1) is 14.3. The number of carbonyl (C=O) groups is 2. The first-order valence-electron chi connectivity index (χ1n) is 10.2. The molecule has 7 nitrogen and oxygen atoms in total. The van der Waals surface area contributed by atoms with Crippen molar-refractivity contribution in [2.75, 3.05) is 26.8 Å². The standard InChI is InChI=1S/C22H29FN4O3/c1-14(2)27-13-17(12-25-27)21-16(10-20(28)26(21)7-8-30-4)11-24-22(29)18-6-5-15(3)9-19(18)23/h5-6,9,12-14,16,21H,7-8,10-11H2,1-4H3,(H,24,29)/t16-,21+/m0/s1. The summed E-state index contributed by atoms with van der Waals surface area (Å²) in [5.74, 6) is -1.16. The highest BCUT2D eigenvalue weighted by Gasteiger charge is 2.41. The highest BCUT2D eigenvalue weighted by molar-refractivity contribution is 5.94. The second-order valence-electron chi connectivity index (χ2n) is 8.03. The largest absolute Gasteiger partial charge is 0.383 e. The van der Waals surface area contributed by atoms with Crippen molar-refractivity contribution in [1.82, 2.24) is 20.0 Å². The van der Waals surface area contributed by atoms with Gasteiger partial charge in [-0.15, -0.1) is 0 Å². The Balaban J connectivity index is 1.78. The molecule has 1 fully saturated rings. The summed E-state index contributed by atoms with van der Waals surface area (Å²) in [6.45, 7) is 6.99. The summed E-state index contributed by atoms with van der Waals surface area (Å²) < 4.78 is 21.2. The minimum Gasteiger partial charge on any atom is -0.383 e. The number of rotatable bonds is 8. The Morgan fingerprint density at radius 3 is 2.80 bits per heavy atom. The lowest BCUT2D eigenvalue weighted by atomic mass is 9.95. The van der Waals surface area contributed by atoms with Gasteiger partial charge in [0.2, 0.25) is 5.91 Å². The molecule has 1 saturated heterocycles. The third-order valence-electron chi connectivity index (χ3n) is 5.46. The number of ether oxygens (including phenoxy) is 1. The third-order valence-corrected chi connectivity index (χ3v) is 5.46. The summed E-state index contributed by atoms with van der Waals surface area (Å²) in [5.41, 5.74) is 1.68. The Bertz CT molecular complexity index is 912. The first-order valence-corrected chi connectivity index (χ1v) is 10.2. The summed E-state index contributed by atoms with van der Waals surface area (Å²) in [6.07, 6.45) is 4.03. The van der Waals surface area contributed by atoms with Crippen LogP contribution in [0.15, 0.2) is 30.6 Å². The van der Waals surface area contributed by atoms with E-state index < -0.39 is 11.7 Å². The van der Waals surface area contributed by atoms with E-state index in [-0.39, 0.29) is 36.0 Å². The Hall–Kier alpha value is -2.74. The Morgan fingerprint density at radius 2 is 2.17 bits per heavy atom. The predicted octanol–water partition coefficient (Wildman–Crippen LogP) is 2.88. The molecule has 0 spiro atoms. The van der Waals surface area contributed by atoms with Crippen LogP contribution in [0.25, 0.3) is 0 Å². The Morgan fingerprint density at radius 1 is 1.40 bits per heavy atom. The Labute approximate surface area is 176 Å². The van der Waals surface area contributed by atoms with E-state index in [9.17, 15) is 14.0 Å². The topological polar surface area (TPSA) is 76.5 Å². The van der Waals surface area contributed by atoms with Gasteiger partial charge in [0.15, 0.2) is 0 Å². The van der Waals surface area contributed by atoms with E-state index >= 15 is 0 Å². The fourth-order valence-electron chi connectivity index (χ4n) is 3.86. The lowest BCUT2D eigenvalue weighted by molar-refractivity contribution is -0.129. The van der Waals surface area contributed by atoms with Crippen molar-refractivity contribution in [3.63, 3.8) is 0 Å². The molecule has 1 N–H and O–H groups in total. The van der Waals surface area contributed by atoms with Crippen LogP contribution in [-0.2, 0) is 9.53 Å². The van der Waals surface area contributed by atoms with Crippen LogP contribution < -0.4 is 5.32 Å². The van der Waals surface area contributed by atoms with Crippen LogP contribution in [0.2, 0.25) is 0 Å². The summed E-state index contributed by atoms with van der Waals surface area (Å²) in [4.78, 5) is 27.0. The zero-order valence-electron chi connectivity index (χ0n) is 17.9. The van der Waals surface area contributed by atoms with Gasteiger partial charge in [0.1, 0.15) is 5.82 Å². The van der Waals surface area contributed by atoms with Crippen LogP contribution in [0.5, 0.6) is 0 Å². The van der Waals surface area contributed by atoms with E-state index in [2.05, 4.69) is 10.4 Å². The number of carbonyl (C=O) groups excluding carboxylic acids is 2. The zero-order chi connectivity index (χ0) is 21.8. The van der Waals surface area contributed by atoms with E-state index in [1.165, 1.54) is 12.1 Å². The molecule has 3 rings (SSSR count). The van der Waals surface area contributed by atoms with Crippen molar-refractivity contribution < 1.29 is 18.7 Å². The quantitative estimate of drug-likeness (QED) is 0.718. The SMILES string of the molecule is COCCN1C(=O)C[C@@H](CNC(=O)c2ccc(C)cc2F)[C@@H]1c1cnn(C(C)C)c1.